The molecule has 0 radical (unpaired) electrons. The predicted molar refractivity (Wildman–Crippen MR) is 70.0 cm³/mol. The Kier molecular flexibility index (Phi) is 5.96. The van der Waals surface area contributed by atoms with Crippen molar-refractivity contribution in [2.75, 3.05) is 6.54 Å². The monoisotopic (exact) mass is 241 g/mol. The van der Waals surface area contributed by atoms with Crippen LogP contribution in [0.4, 0.5) is 0 Å². The van der Waals surface area contributed by atoms with Crippen LogP contribution < -0.4 is 5.32 Å². The van der Waals surface area contributed by atoms with Gasteiger partial charge in [-0.1, -0.05) is 39.5 Å². The minimum Gasteiger partial charge on any atom is -0.481 e. The van der Waals surface area contributed by atoms with Gasteiger partial charge in [-0.15, -0.1) is 0 Å². The van der Waals surface area contributed by atoms with Crippen LogP contribution in [0.2, 0.25) is 0 Å². The van der Waals surface area contributed by atoms with Crippen LogP contribution in [0, 0.1) is 17.8 Å². The highest BCUT2D eigenvalue weighted by Crippen LogP contribution is 2.29. The molecule has 1 aliphatic carbocycles. The Labute approximate surface area is 105 Å². The number of carboxylic acid groups (broad SMARTS) is 1. The molecular formula is C14H27NO2. The van der Waals surface area contributed by atoms with Gasteiger partial charge in [0.2, 0.25) is 0 Å². The Hall–Kier alpha value is -0.570. The second-order valence-electron chi connectivity index (χ2n) is 5.78. The molecule has 0 amide bonds. The second-order valence-corrected chi connectivity index (χ2v) is 5.78. The fourth-order valence-electron chi connectivity index (χ4n) is 2.52. The van der Waals surface area contributed by atoms with E-state index < -0.39 is 5.97 Å². The Morgan fingerprint density at radius 1 is 1.29 bits per heavy atom. The maximum atomic E-state index is 10.8. The van der Waals surface area contributed by atoms with Gasteiger partial charge in [0.05, 0.1) is 5.92 Å². The first kappa shape index (κ1) is 14.5. The number of nitrogens with one attached hydrogen (secondary N) is 1. The minimum atomic E-state index is -0.712. The molecule has 0 aromatic heterocycles. The second kappa shape index (κ2) is 7.00. The van der Waals surface area contributed by atoms with Gasteiger partial charge in [0, 0.05) is 6.04 Å². The van der Waals surface area contributed by atoms with E-state index in [4.69, 9.17) is 5.11 Å². The van der Waals surface area contributed by atoms with Crippen molar-refractivity contribution >= 4 is 5.97 Å². The maximum Gasteiger partial charge on any atom is 0.307 e. The molecule has 1 fully saturated rings. The highest BCUT2D eigenvalue weighted by Gasteiger charge is 2.20. The average Bonchev–Trinajstić information content (AvgIpc) is 2.30. The maximum absolute atomic E-state index is 10.8. The lowest BCUT2D eigenvalue weighted by Crippen LogP contribution is -2.37. The van der Waals surface area contributed by atoms with Crippen LogP contribution in [0.3, 0.4) is 0 Å². The number of aliphatic carboxylic acids is 1. The van der Waals surface area contributed by atoms with Gasteiger partial charge in [-0.3, -0.25) is 4.79 Å². The smallest absolute Gasteiger partial charge is 0.307 e. The number of hydrogen-bond acceptors (Lipinski definition) is 2. The summed E-state index contributed by atoms with van der Waals surface area (Å²) in [6.07, 6.45) is 6.64. The summed E-state index contributed by atoms with van der Waals surface area (Å²) in [5.74, 6) is 0.745. The number of carbonyl (C=O) groups is 1. The first-order chi connectivity index (χ1) is 8.00. The molecule has 3 heteroatoms. The summed E-state index contributed by atoms with van der Waals surface area (Å²) in [6, 6.07) is 0.0648. The number of rotatable bonds is 6. The topological polar surface area (TPSA) is 49.3 Å². The molecule has 0 bridgehead atoms. The third-order valence-corrected chi connectivity index (χ3v) is 4.29. The van der Waals surface area contributed by atoms with E-state index in [0.717, 1.165) is 18.4 Å². The molecule has 2 N–H and O–H groups in total. The molecule has 3 nitrogen and oxygen atoms in total. The summed E-state index contributed by atoms with van der Waals surface area (Å²) in [7, 11) is 0. The molecule has 0 heterocycles. The molecule has 0 aromatic rings. The SMILES string of the molecule is CC1CCC(CCNC(C)C(C)C(=O)O)CC1. The Balaban J connectivity index is 2.13. The predicted octanol–water partition coefficient (Wildman–Crippen LogP) is 2.90. The average molecular weight is 241 g/mol. The molecule has 1 aliphatic rings. The molecule has 1 rings (SSSR count). The molecule has 2 unspecified atom stereocenters. The van der Waals surface area contributed by atoms with E-state index in [0.29, 0.717) is 0 Å². The molecule has 1 saturated carbocycles. The zero-order valence-electron chi connectivity index (χ0n) is 11.4. The van der Waals surface area contributed by atoms with E-state index in [2.05, 4.69) is 12.2 Å². The Bertz CT molecular complexity index is 234. The molecule has 0 aromatic carbocycles. The third kappa shape index (κ3) is 5.07. The van der Waals surface area contributed by atoms with Gasteiger partial charge in [-0.25, -0.2) is 0 Å². The van der Waals surface area contributed by atoms with Crippen LogP contribution in [0.15, 0.2) is 0 Å². The van der Waals surface area contributed by atoms with Gasteiger partial charge < -0.3 is 10.4 Å². The van der Waals surface area contributed by atoms with Crippen molar-refractivity contribution in [2.45, 2.75) is 58.9 Å². The highest BCUT2D eigenvalue weighted by atomic mass is 16.4. The summed E-state index contributed by atoms with van der Waals surface area (Å²) < 4.78 is 0. The summed E-state index contributed by atoms with van der Waals surface area (Å²) in [4.78, 5) is 10.8. The van der Waals surface area contributed by atoms with Crippen molar-refractivity contribution < 1.29 is 9.90 Å². The van der Waals surface area contributed by atoms with Gasteiger partial charge in [-0.2, -0.15) is 0 Å². The van der Waals surface area contributed by atoms with Crippen molar-refractivity contribution in [1.29, 1.82) is 0 Å². The normalized spacial score (nSPS) is 28.6. The van der Waals surface area contributed by atoms with Crippen LogP contribution in [0.1, 0.15) is 52.9 Å². The van der Waals surface area contributed by atoms with Crippen molar-refractivity contribution in [3.63, 3.8) is 0 Å². The summed E-state index contributed by atoms with van der Waals surface area (Å²) in [5, 5.41) is 12.2. The van der Waals surface area contributed by atoms with Crippen molar-refractivity contribution in [1.82, 2.24) is 5.32 Å². The zero-order chi connectivity index (χ0) is 12.8. The van der Waals surface area contributed by atoms with Crippen LogP contribution in [0.5, 0.6) is 0 Å². The van der Waals surface area contributed by atoms with Crippen LogP contribution in [-0.2, 0) is 4.79 Å². The van der Waals surface area contributed by atoms with Gasteiger partial charge in [0.15, 0.2) is 0 Å². The van der Waals surface area contributed by atoms with E-state index in [1.165, 1.54) is 32.1 Å². The lowest BCUT2D eigenvalue weighted by molar-refractivity contribution is -0.141. The van der Waals surface area contributed by atoms with Crippen molar-refractivity contribution in [3.05, 3.63) is 0 Å². The fraction of sp³-hybridized carbons (Fsp3) is 0.929. The first-order valence-electron chi connectivity index (χ1n) is 6.97. The summed E-state index contributed by atoms with van der Waals surface area (Å²) in [6.45, 7) is 7.02. The fourth-order valence-corrected chi connectivity index (χ4v) is 2.52. The van der Waals surface area contributed by atoms with E-state index >= 15 is 0 Å². The van der Waals surface area contributed by atoms with Crippen LogP contribution >= 0.6 is 0 Å². The van der Waals surface area contributed by atoms with Gasteiger partial charge >= 0.3 is 5.97 Å². The van der Waals surface area contributed by atoms with Crippen LogP contribution in [-0.4, -0.2) is 23.7 Å². The van der Waals surface area contributed by atoms with Crippen LogP contribution in [0.25, 0.3) is 0 Å². The molecule has 2 atom stereocenters. The van der Waals surface area contributed by atoms with Gasteiger partial charge in [0.25, 0.3) is 0 Å². The van der Waals surface area contributed by atoms with Gasteiger partial charge in [0.1, 0.15) is 0 Å². The van der Waals surface area contributed by atoms with Crippen molar-refractivity contribution in [3.8, 4) is 0 Å². The Morgan fingerprint density at radius 3 is 2.41 bits per heavy atom. The minimum absolute atomic E-state index is 0.0648. The lowest BCUT2D eigenvalue weighted by Gasteiger charge is -2.27. The summed E-state index contributed by atoms with van der Waals surface area (Å²) in [5.41, 5.74) is 0. The molecular weight excluding hydrogens is 214 g/mol. The summed E-state index contributed by atoms with van der Waals surface area (Å²) >= 11 is 0. The molecule has 0 saturated heterocycles. The van der Waals surface area contributed by atoms with Gasteiger partial charge in [-0.05, 0) is 31.7 Å². The largest absolute Gasteiger partial charge is 0.481 e. The van der Waals surface area contributed by atoms with Crippen molar-refractivity contribution in [2.24, 2.45) is 17.8 Å². The van der Waals surface area contributed by atoms with E-state index in [-0.39, 0.29) is 12.0 Å². The van der Waals surface area contributed by atoms with E-state index in [1.54, 1.807) is 6.92 Å². The number of hydrogen-bond donors (Lipinski definition) is 2. The zero-order valence-corrected chi connectivity index (χ0v) is 11.4. The Morgan fingerprint density at radius 2 is 1.88 bits per heavy atom. The number of carboxylic acids is 1. The molecule has 17 heavy (non-hydrogen) atoms. The third-order valence-electron chi connectivity index (χ3n) is 4.29. The van der Waals surface area contributed by atoms with E-state index in [1.807, 2.05) is 6.92 Å². The molecule has 0 spiro atoms. The molecule has 100 valence electrons. The standard InChI is InChI=1S/C14H27NO2/c1-10-4-6-13(7-5-10)8-9-15-12(3)11(2)14(16)17/h10-13,15H,4-9H2,1-3H3,(H,16,17). The quantitative estimate of drug-likeness (QED) is 0.751. The molecule has 0 aliphatic heterocycles. The first-order valence-corrected chi connectivity index (χ1v) is 6.97. The van der Waals surface area contributed by atoms with E-state index in [9.17, 15) is 4.79 Å². The highest BCUT2D eigenvalue weighted by molar-refractivity contribution is 5.70. The lowest BCUT2D eigenvalue weighted by atomic mass is 9.81.